The zero-order chi connectivity index (χ0) is 7.33. The molecule has 0 spiro atoms. The van der Waals surface area contributed by atoms with Gasteiger partial charge in [-0.15, -0.1) is 11.8 Å². The highest BCUT2D eigenvalue weighted by Gasteiger charge is 2.25. The van der Waals surface area contributed by atoms with Gasteiger partial charge in [0, 0.05) is 5.88 Å². The Labute approximate surface area is 56.0 Å². The van der Waals surface area contributed by atoms with Gasteiger partial charge in [-0.05, 0) is 6.26 Å². The Kier molecular flexibility index (Phi) is 4.05. The van der Waals surface area contributed by atoms with E-state index in [9.17, 15) is 13.2 Å². The molecule has 0 fully saturated rings. The normalized spacial score (nSPS) is 12.0. The summed E-state index contributed by atoms with van der Waals surface area (Å²) in [6.45, 7) is -0.895. The van der Waals surface area contributed by atoms with Crippen LogP contribution in [0.2, 0.25) is 0 Å². The Hall–Kier alpha value is 0.100. The van der Waals surface area contributed by atoms with Crippen LogP contribution in [0.4, 0.5) is 13.2 Å². The van der Waals surface area contributed by atoms with Crippen molar-refractivity contribution in [2.75, 3.05) is 18.7 Å². The summed E-state index contributed by atoms with van der Waals surface area (Å²) in [7, 11) is 0. The molecule has 0 heterocycles. The van der Waals surface area contributed by atoms with Crippen LogP contribution in [0, 0.1) is 0 Å². The summed E-state index contributed by atoms with van der Waals surface area (Å²) < 4.78 is 33.9. The average Bonchev–Trinajstić information content (AvgIpc) is 1.63. The van der Waals surface area contributed by atoms with Crippen molar-refractivity contribution in [1.82, 2.24) is 5.32 Å². The van der Waals surface area contributed by atoms with Gasteiger partial charge in [0.15, 0.2) is 0 Å². The van der Waals surface area contributed by atoms with Gasteiger partial charge in [-0.3, -0.25) is 5.32 Å². The Morgan fingerprint density at radius 2 is 2.00 bits per heavy atom. The first-order chi connectivity index (χ1) is 4.06. The van der Waals surface area contributed by atoms with Crippen LogP contribution in [-0.4, -0.2) is 24.9 Å². The first-order valence-electron chi connectivity index (χ1n) is 2.32. The number of rotatable bonds is 3. The monoisotopic (exact) mass is 159 g/mol. The molecule has 0 rings (SSSR count). The van der Waals surface area contributed by atoms with Crippen LogP contribution in [0.1, 0.15) is 0 Å². The topological polar surface area (TPSA) is 12.0 Å². The van der Waals surface area contributed by atoms with E-state index < -0.39 is 12.7 Å². The summed E-state index contributed by atoms with van der Waals surface area (Å²) in [6, 6.07) is 0. The lowest BCUT2D eigenvalue weighted by molar-refractivity contribution is -0.123. The van der Waals surface area contributed by atoms with Crippen LogP contribution in [-0.2, 0) is 0 Å². The molecule has 0 radical (unpaired) electrons. The van der Waals surface area contributed by atoms with Gasteiger partial charge in [0.25, 0.3) is 0 Å². The van der Waals surface area contributed by atoms with Gasteiger partial charge in [0.05, 0.1) is 6.54 Å². The molecule has 0 aromatic heterocycles. The van der Waals surface area contributed by atoms with E-state index in [0.717, 1.165) is 0 Å². The molecule has 0 amide bonds. The third-order valence-electron chi connectivity index (χ3n) is 0.572. The molecular formula is C4H8F3NS. The maximum Gasteiger partial charge on any atom is 0.401 e. The second kappa shape index (κ2) is 4.00. The van der Waals surface area contributed by atoms with Gasteiger partial charge >= 0.3 is 6.18 Å². The molecule has 0 bridgehead atoms. The largest absolute Gasteiger partial charge is 0.401 e. The van der Waals surface area contributed by atoms with Gasteiger partial charge in [-0.2, -0.15) is 13.2 Å². The van der Waals surface area contributed by atoms with Crippen molar-refractivity contribution in [3.8, 4) is 0 Å². The minimum Gasteiger partial charge on any atom is -0.300 e. The summed E-state index contributed by atoms with van der Waals surface area (Å²) in [5.74, 6) is 0.347. The predicted molar refractivity (Wildman–Crippen MR) is 32.4 cm³/mol. The lowest BCUT2D eigenvalue weighted by atomic mass is 10.6. The van der Waals surface area contributed by atoms with Crippen LogP contribution >= 0.6 is 11.8 Å². The molecule has 0 atom stereocenters. The van der Waals surface area contributed by atoms with E-state index in [2.05, 4.69) is 5.32 Å². The number of thioether (sulfide) groups is 1. The highest BCUT2D eigenvalue weighted by Crippen LogP contribution is 2.12. The van der Waals surface area contributed by atoms with Crippen LogP contribution in [0.25, 0.3) is 0 Å². The van der Waals surface area contributed by atoms with E-state index in [1.807, 2.05) is 0 Å². The summed E-state index contributed by atoms with van der Waals surface area (Å²) in [5.41, 5.74) is 0. The Bertz CT molecular complexity index is 72.7. The maximum atomic E-state index is 11.3. The summed E-state index contributed by atoms with van der Waals surface area (Å²) >= 11 is 1.33. The molecule has 9 heavy (non-hydrogen) atoms. The molecule has 5 heteroatoms. The van der Waals surface area contributed by atoms with E-state index >= 15 is 0 Å². The predicted octanol–water partition coefficient (Wildman–Crippen LogP) is 1.46. The fraction of sp³-hybridized carbons (Fsp3) is 1.00. The highest BCUT2D eigenvalue weighted by atomic mass is 32.2. The molecule has 0 aromatic carbocycles. The van der Waals surface area contributed by atoms with Gasteiger partial charge in [-0.1, -0.05) is 0 Å². The molecule has 0 saturated heterocycles. The fourth-order valence-electron chi connectivity index (χ4n) is 0.295. The average molecular weight is 159 g/mol. The summed E-state index contributed by atoms with van der Waals surface area (Å²) in [4.78, 5) is 0. The number of nitrogens with one attached hydrogen (secondary N) is 1. The maximum absolute atomic E-state index is 11.3. The number of halogens is 3. The van der Waals surface area contributed by atoms with E-state index in [1.54, 1.807) is 6.26 Å². The van der Waals surface area contributed by atoms with E-state index in [-0.39, 0.29) is 0 Å². The summed E-state index contributed by atoms with van der Waals surface area (Å²) in [6.07, 6.45) is -2.33. The Morgan fingerprint density at radius 1 is 1.44 bits per heavy atom. The van der Waals surface area contributed by atoms with Crippen molar-refractivity contribution in [1.29, 1.82) is 0 Å². The van der Waals surface area contributed by atoms with E-state index in [0.29, 0.717) is 5.88 Å². The first-order valence-corrected chi connectivity index (χ1v) is 3.72. The van der Waals surface area contributed by atoms with Crippen molar-refractivity contribution in [2.45, 2.75) is 6.18 Å². The molecule has 1 nitrogen and oxygen atoms in total. The SMILES string of the molecule is CSCNCC(F)(F)F. The van der Waals surface area contributed by atoms with Crippen LogP contribution < -0.4 is 5.32 Å². The molecule has 0 aromatic rings. The minimum atomic E-state index is -4.07. The van der Waals surface area contributed by atoms with Crippen LogP contribution in [0.5, 0.6) is 0 Å². The zero-order valence-electron chi connectivity index (χ0n) is 4.96. The van der Waals surface area contributed by atoms with Crippen LogP contribution in [0.3, 0.4) is 0 Å². The Balaban J connectivity index is 3.07. The molecule has 0 aliphatic rings. The van der Waals surface area contributed by atoms with Crippen molar-refractivity contribution >= 4 is 11.8 Å². The van der Waals surface area contributed by atoms with Crippen molar-refractivity contribution in [3.05, 3.63) is 0 Å². The molecular weight excluding hydrogens is 151 g/mol. The van der Waals surface area contributed by atoms with E-state index in [1.165, 1.54) is 11.8 Å². The van der Waals surface area contributed by atoms with Crippen LogP contribution in [0.15, 0.2) is 0 Å². The van der Waals surface area contributed by atoms with Gasteiger partial charge < -0.3 is 0 Å². The third-order valence-corrected chi connectivity index (χ3v) is 1.06. The Morgan fingerprint density at radius 3 is 2.33 bits per heavy atom. The van der Waals surface area contributed by atoms with Gasteiger partial charge in [0.2, 0.25) is 0 Å². The standard InChI is InChI=1S/C4H8F3NS/c1-9-3-8-2-4(5,6)7/h8H,2-3H2,1H3. The number of hydrogen-bond donors (Lipinski definition) is 1. The minimum absolute atomic E-state index is 0.347. The van der Waals surface area contributed by atoms with Crippen molar-refractivity contribution in [2.24, 2.45) is 0 Å². The van der Waals surface area contributed by atoms with Gasteiger partial charge in [0.1, 0.15) is 0 Å². The number of hydrogen-bond acceptors (Lipinski definition) is 2. The molecule has 1 N–H and O–H groups in total. The van der Waals surface area contributed by atoms with Crippen molar-refractivity contribution < 1.29 is 13.2 Å². The second-order valence-corrected chi connectivity index (χ2v) is 2.34. The first kappa shape index (κ1) is 9.10. The fourth-order valence-corrected chi connectivity index (χ4v) is 0.601. The smallest absolute Gasteiger partial charge is 0.300 e. The lowest BCUT2D eigenvalue weighted by Crippen LogP contribution is -2.28. The molecule has 56 valence electrons. The molecule has 0 aliphatic carbocycles. The third kappa shape index (κ3) is 8.10. The number of alkyl halides is 3. The highest BCUT2D eigenvalue weighted by molar-refractivity contribution is 7.98. The van der Waals surface area contributed by atoms with Gasteiger partial charge in [-0.25, -0.2) is 0 Å². The molecule has 0 saturated carbocycles. The zero-order valence-corrected chi connectivity index (χ0v) is 5.77. The van der Waals surface area contributed by atoms with E-state index in [4.69, 9.17) is 0 Å². The lowest BCUT2D eigenvalue weighted by Gasteiger charge is -2.05. The molecule has 0 unspecified atom stereocenters. The van der Waals surface area contributed by atoms with Crippen molar-refractivity contribution in [3.63, 3.8) is 0 Å². The quantitative estimate of drug-likeness (QED) is 0.494. The molecule has 0 aliphatic heterocycles. The second-order valence-electron chi connectivity index (χ2n) is 1.47. The summed E-state index contributed by atoms with van der Waals surface area (Å²) in [5, 5.41) is 2.21.